The van der Waals surface area contributed by atoms with E-state index in [-0.39, 0.29) is 30.0 Å². The Balaban J connectivity index is 1.65. The average molecular weight is 418 g/mol. The number of anilines is 1. The minimum Gasteiger partial charge on any atom is -0.487 e. The summed E-state index contributed by atoms with van der Waals surface area (Å²) < 4.78 is 30.0. The van der Waals surface area contributed by atoms with Crippen molar-refractivity contribution in [1.29, 1.82) is 0 Å². The number of aromatic nitrogens is 2. The molecule has 0 saturated heterocycles. The van der Waals surface area contributed by atoms with Crippen molar-refractivity contribution >= 4 is 17.8 Å². The molecule has 2 amide bonds. The third-order valence-corrected chi connectivity index (χ3v) is 4.60. The topological polar surface area (TPSA) is 93.2 Å². The van der Waals surface area contributed by atoms with Crippen molar-refractivity contribution in [3.63, 3.8) is 0 Å². The highest BCUT2D eigenvalue weighted by atomic mass is 19.3. The smallest absolute Gasteiger partial charge is 0.272 e. The van der Waals surface area contributed by atoms with Crippen molar-refractivity contribution in [2.24, 2.45) is 5.92 Å². The standard InChI is InChI=1S/C21H24F2N4O3/c1-11-6-14(7-12(2)18(11)30-10-17(22)23)9-24-20(29)16-8-13(3)25-21(26-16)27-19(28)15-4-5-15/h6-8,15,17H,4-5,9-10H2,1-3H3,(H,24,29)(H,25,26,27,28). The van der Waals surface area contributed by atoms with E-state index in [1.54, 1.807) is 39.0 Å². The van der Waals surface area contributed by atoms with Gasteiger partial charge in [-0.1, -0.05) is 12.1 Å². The summed E-state index contributed by atoms with van der Waals surface area (Å²) >= 11 is 0. The van der Waals surface area contributed by atoms with E-state index in [9.17, 15) is 18.4 Å². The molecule has 0 atom stereocenters. The number of hydrogen-bond donors (Lipinski definition) is 2. The fraction of sp³-hybridized carbons (Fsp3) is 0.429. The zero-order chi connectivity index (χ0) is 21.8. The van der Waals surface area contributed by atoms with Gasteiger partial charge in [0.05, 0.1) is 0 Å². The lowest BCUT2D eigenvalue weighted by Gasteiger charge is -2.14. The molecular formula is C21H24F2N4O3. The Morgan fingerprint density at radius 2 is 1.80 bits per heavy atom. The summed E-state index contributed by atoms with van der Waals surface area (Å²) in [5.74, 6) is 0.00504. The Morgan fingerprint density at radius 3 is 2.40 bits per heavy atom. The molecule has 1 saturated carbocycles. The quantitative estimate of drug-likeness (QED) is 0.686. The fourth-order valence-electron chi connectivity index (χ4n) is 3.09. The molecule has 1 aliphatic rings. The number of benzene rings is 1. The number of halogens is 2. The monoisotopic (exact) mass is 418 g/mol. The number of aryl methyl sites for hydroxylation is 3. The second-order valence-electron chi connectivity index (χ2n) is 7.43. The van der Waals surface area contributed by atoms with Crippen molar-refractivity contribution in [3.8, 4) is 5.75 Å². The minimum absolute atomic E-state index is 0.00510. The van der Waals surface area contributed by atoms with Crippen LogP contribution >= 0.6 is 0 Å². The number of carbonyl (C=O) groups excluding carboxylic acids is 2. The van der Waals surface area contributed by atoms with Crippen LogP contribution in [-0.4, -0.2) is 34.8 Å². The summed E-state index contributed by atoms with van der Waals surface area (Å²) in [6.07, 6.45) is -0.830. The normalized spacial score (nSPS) is 13.3. The lowest BCUT2D eigenvalue weighted by molar-refractivity contribution is -0.117. The average Bonchev–Trinajstić information content (AvgIpc) is 3.50. The van der Waals surface area contributed by atoms with Crippen molar-refractivity contribution < 1.29 is 23.1 Å². The highest BCUT2D eigenvalue weighted by Crippen LogP contribution is 2.29. The second-order valence-corrected chi connectivity index (χ2v) is 7.43. The van der Waals surface area contributed by atoms with Crippen LogP contribution in [0, 0.1) is 26.7 Å². The third kappa shape index (κ3) is 5.71. The molecule has 30 heavy (non-hydrogen) atoms. The van der Waals surface area contributed by atoms with Crippen LogP contribution in [0.4, 0.5) is 14.7 Å². The molecule has 160 valence electrons. The van der Waals surface area contributed by atoms with E-state index in [1.807, 2.05) is 0 Å². The minimum atomic E-state index is -2.54. The van der Waals surface area contributed by atoms with Crippen LogP contribution in [0.3, 0.4) is 0 Å². The van der Waals surface area contributed by atoms with Crippen LogP contribution in [0.25, 0.3) is 0 Å². The molecular weight excluding hydrogens is 394 g/mol. The number of rotatable bonds is 8. The lowest BCUT2D eigenvalue weighted by atomic mass is 10.1. The maximum absolute atomic E-state index is 12.5. The van der Waals surface area contributed by atoms with Gasteiger partial charge in [-0.3, -0.25) is 14.9 Å². The lowest BCUT2D eigenvalue weighted by Crippen LogP contribution is -2.25. The Labute approximate surface area is 173 Å². The number of nitrogens with zero attached hydrogens (tertiary/aromatic N) is 2. The largest absolute Gasteiger partial charge is 0.487 e. The van der Waals surface area contributed by atoms with Gasteiger partial charge in [-0.15, -0.1) is 0 Å². The Morgan fingerprint density at radius 1 is 1.13 bits per heavy atom. The van der Waals surface area contributed by atoms with Gasteiger partial charge in [0.2, 0.25) is 11.9 Å². The Kier molecular flexibility index (Phi) is 6.59. The maximum Gasteiger partial charge on any atom is 0.272 e. The van der Waals surface area contributed by atoms with E-state index >= 15 is 0 Å². The van der Waals surface area contributed by atoms with Gasteiger partial charge in [-0.25, -0.2) is 18.7 Å². The molecule has 0 unspecified atom stereocenters. The van der Waals surface area contributed by atoms with Gasteiger partial charge in [-0.2, -0.15) is 0 Å². The van der Waals surface area contributed by atoms with Crippen molar-refractivity contribution in [2.45, 2.75) is 46.6 Å². The number of amides is 2. The Hall–Kier alpha value is -3.10. The van der Waals surface area contributed by atoms with Crippen LogP contribution in [-0.2, 0) is 11.3 Å². The number of carbonyl (C=O) groups is 2. The molecule has 0 spiro atoms. The van der Waals surface area contributed by atoms with Gasteiger partial charge in [0.25, 0.3) is 12.3 Å². The molecule has 1 aliphatic carbocycles. The molecule has 1 fully saturated rings. The van der Waals surface area contributed by atoms with Gasteiger partial charge in [0.1, 0.15) is 18.1 Å². The first-order valence-electron chi connectivity index (χ1n) is 9.68. The van der Waals surface area contributed by atoms with Crippen LogP contribution in [0.5, 0.6) is 5.75 Å². The van der Waals surface area contributed by atoms with Crippen molar-refractivity contribution in [2.75, 3.05) is 11.9 Å². The molecule has 2 aromatic rings. The molecule has 1 heterocycles. The van der Waals surface area contributed by atoms with Gasteiger partial charge in [0, 0.05) is 18.2 Å². The number of hydrogen-bond acceptors (Lipinski definition) is 5. The van der Waals surface area contributed by atoms with Gasteiger partial charge in [-0.05, 0) is 56.4 Å². The highest BCUT2D eigenvalue weighted by molar-refractivity contribution is 5.95. The van der Waals surface area contributed by atoms with E-state index in [0.717, 1.165) is 18.4 Å². The predicted octanol–water partition coefficient (Wildman–Crippen LogP) is 3.32. The van der Waals surface area contributed by atoms with Crippen LogP contribution in [0.15, 0.2) is 18.2 Å². The molecule has 1 aromatic heterocycles. The van der Waals surface area contributed by atoms with E-state index < -0.39 is 18.9 Å². The molecule has 9 heteroatoms. The zero-order valence-corrected chi connectivity index (χ0v) is 17.1. The first-order chi connectivity index (χ1) is 14.2. The first-order valence-corrected chi connectivity index (χ1v) is 9.68. The van der Waals surface area contributed by atoms with Crippen LogP contribution in [0.1, 0.15) is 45.7 Å². The Bertz CT molecular complexity index is 938. The van der Waals surface area contributed by atoms with Crippen molar-refractivity contribution in [1.82, 2.24) is 15.3 Å². The SMILES string of the molecule is Cc1cc(C(=O)NCc2cc(C)c(OCC(F)F)c(C)c2)nc(NC(=O)C2CC2)n1. The molecule has 1 aromatic carbocycles. The van der Waals surface area contributed by atoms with E-state index in [2.05, 4.69) is 20.6 Å². The summed E-state index contributed by atoms with van der Waals surface area (Å²) in [6.45, 7) is 4.81. The summed E-state index contributed by atoms with van der Waals surface area (Å²) in [5.41, 5.74) is 2.94. The molecule has 2 N–H and O–H groups in total. The molecule has 0 radical (unpaired) electrons. The van der Waals surface area contributed by atoms with Crippen molar-refractivity contribution in [3.05, 3.63) is 46.3 Å². The molecule has 0 aliphatic heterocycles. The van der Waals surface area contributed by atoms with Crippen LogP contribution in [0.2, 0.25) is 0 Å². The summed E-state index contributed by atoms with van der Waals surface area (Å²) in [4.78, 5) is 32.8. The summed E-state index contributed by atoms with van der Waals surface area (Å²) in [7, 11) is 0. The number of alkyl halides is 2. The summed E-state index contributed by atoms with van der Waals surface area (Å²) in [5, 5.41) is 5.43. The van der Waals surface area contributed by atoms with E-state index in [4.69, 9.17) is 4.74 Å². The molecule has 3 rings (SSSR count). The van der Waals surface area contributed by atoms with Gasteiger partial charge >= 0.3 is 0 Å². The van der Waals surface area contributed by atoms with Gasteiger partial charge < -0.3 is 10.1 Å². The van der Waals surface area contributed by atoms with E-state index in [1.165, 1.54) is 0 Å². The first kappa shape index (κ1) is 21.6. The van der Waals surface area contributed by atoms with E-state index in [0.29, 0.717) is 22.6 Å². The fourth-order valence-corrected chi connectivity index (χ4v) is 3.09. The van der Waals surface area contributed by atoms with Crippen LogP contribution < -0.4 is 15.4 Å². The summed E-state index contributed by atoms with van der Waals surface area (Å²) in [6, 6.07) is 5.10. The number of nitrogens with one attached hydrogen (secondary N) is 2. The zero-order valence-electron chi connectivity index (χ0n) is 17.1. The highest BCUT2D eigenvalue weighted by Gasteiger charge is 2.30. The molecule has 0 bridgehead atoms. The second kappa shape index (κ2) is 9.15. The molecule has 7 nitrogen and oxygen atoms in total. The van der Waals surface area contributed by atoms with Gasteiger partial charge in [0.15, 0.2) is 0 Å². The third-order valence-electron chi connectivity index (χ3n) is 4.60. The predicted molar refractivity (Wildman–Crippen MR) is 107 cm³/mol. The maximum atomic E-state index is 12.5. The number of ether oxygens (including phenoxy) is 1.